The monoisotopic (exact) mass is 495 g/mol. The lowest BCUT2D eigenvalue weighted by atomic mass is 9.90. The van der Waals surface area contributed by atoms with E-state index in [-0.39, 0.29) is 0 Å². The van der Waals surface area contributed by atoms with Gasteiger partial charge in [-0.3, -0.25) is 15.0 Å². The largest absolute Gasteiger partial charge is 0.254 e. The fourth-order valence-corrected chi connectivity index (χ4v) is 7.46. The number of thiophene rings is 2. The summed E-state index contributed by atoms with van der Waals surface area (Å²) in [6.07, 6.45) is 5.73. The third-order valence-corrected chi connectivity index (χ3v) is 9.04. The van der Waals surface area contributed by atoms with E-state index in [0.717, 1.165) is 44.9 Å². The average molecular weight is 496 g/mol. The van der Waals surface area contributed by atoms with Crippen LogP contribution < -0.4 is 0 Å². The molecule has 1 aliphatic rings. The van der Waals surface area contributed by atoms with E-state index in [9.17, 15) is 0 Å². The highest BCUT2D eigenvalue weighted by Crippen LogP contribution is 2.48. The lowest BCUT2D eigenvalue weighted by Gasteiger charge is -2.19. The Hall–Kier alpha value is -4.19. The van der Waals surface area contributed by atoms with Crippen LogP contribution in [0.3, 0.4) is 0 Å². The van der Waals surface area contributed by atoms with Crippen molar-refractivity contribution in [2.45, 2.75) is 0 Å². The van der Waals surface area contributed by atoms with Crippen molar-refractivity contribution < 1.29 is 0 Å². The number of rotatable bonds is 1. The fourth-order valence-electron chi connectivity index (χ4n) is 5.30. The minimum atomic E-state index is 0.894. The number of benzene rings is 2. The zero-order chi connectivity index (χ0) is 23.6. The van der Waals surface area contributed by atoms with Crippen LogP contribution in [-0.4, -0.2) is 15.0 Å². The molecule has 3 nitrogen and oxygen atoms in total. The average Bonchev–Trinajstić information content (AvgIpc) is 3.57. The summed E-state index contributed by atoms with van der Waals surface area (Å²) in [6, 6.07) is 28.0. The van der Waals surface area contributed by atoms with Crippen LogP contribution in [-0.2, 0) is 0 Å². The Kier molecular flexibility index (Phi) is 4.26. The molecule has 0 radical (unpaired) electrons. The van der Waals surface area contributed by atoms with E-state index >= 15 is 0 Å². The highest BCUT2D eigenvalue weighted by molar-refractivity contribution is 7.26. The Morgan fingerprint density at radius 2 is 1.31 bits per heavy atom. The maximum atomic E-state index is 5.11. The third kappa shape index (κ3) is 2.81. The maximum absolute atomic E-state index is 5.11. The van der Waals surface area contributed by atoms with Gasteiger partial charge in [-0.1, -0.05) is 48.5 Å². The van der Waals surface area contributed by atoms with Crippen molar-refractivity contribution in [3.05, 3.63) is 103 Å². The smallest absolute Gasteiger partial charge is 0.0971 e. The van der Waals surface area contributed by atoms with Crippen molar-refractivity contribution in [1.82, 2.24) is 15.0 Å². The first kappa shape index (κ1) is 20.0. The molecule has 0 spiro atoms. The molecule has 0 bridgehead atoms. The van der Waals surface area contributed by atoms with Gasteiger partial charge >= 0.3 is 0 Å². The second-order valence-electron chi connectivity index (χ2n) is 8.86. The molecule has 5 heteroatoms. The molecular weight excluding hydrogens is 478 g/mol. The van der Waals surface area contributed by atoms with Crippen molar-refractivity contribution >= 4 is 42.8 Å². The highest BCUT2D eigenvalue weighted by Gasteiger charge is 2.25. The molecule has 0 saturated carbocycles. The van der Waals surface area contributed by atoms with Crippen LogP contribution in [0.5, 0.6) is 0 Å². The molecule has 0 amide bonds. The van der Waals surface area contributed by atoms with Crippen LogP contribution >= 0.6 is 22.7 Å². The summed E-state index contributed by atoms with van der Waals surface area (Å²) in [5.74, 6) is 0. The molecule has 0 aliphatic heterocycles. The Morgan fingerprint density at radius 1 is 0.556 bits per heavy atom. The van der Waals surface area contributed by atoms with Crippen LogP contribution in [0.25, 0.3) is 75.5 Å². The van der Waals surface area contributed by atoms with Crippen molar-refractivity contribution in [2.75, 3.05) is 0 Å². The molecule has 168 valence electrons. The Morgan fingerprint density at radius 3 is 2.17 bits per heavy atom. The van der Waals surface area contributed by atoms with E-state index in [1.807, 2.05) is 42.1 Å². The van der Waals surface area contributed by atoms with Gasteiger partial charge in [0.1, 0.15) is 0 Å². The van der Waals surface area contributed by atoms with Gasteiger partial charge in [-0.25, -0.2) is 0 Å². The summed E-state index contributed by atoms with van der Waals surface area (Å²) in [7, 11) is 0. The standard InChI is InChI=1S/C31H17N3S2/c1-2-11-26-20(6-1)23-8-3-7-19(30(23)36-26)18-16-25-22-10-5-14-33-28(22)27-21(9-4-13-32-27)24-12-15-35-31(24)29(25)34-17-18/h1-17H. The van der Waals surface area contributed by atoms with Crippen LogP contribution in [0.1, 0.15) is 0 Å². The zero-order valence-electron chi connectivity index (χ0n) is 19.0. The molecule has 2 aromatic carbocycles. The van der Waals surface area contributed by atoms with Crippen LogP contribution in [0.4, 0.5) is 0 Å². The van der Waals surface area contributed by atoms with Crippen molar-refractivity contribution in [1.29, 1.82) is 0 Å². The van der Waals surface area contributed by atoms with Gasteiger partial charge in [-0.15, -0.1) is 22.7 Å². The van der Waals surface area contributed by atoms with Gasteiger partial charge in [-0.2, -0.15) is 0 Å². The molecule has 0 atom stereocenters. The number of aromatic nitrogens is 3. The van der Waals surface area contributed by atoms with E-state index in [4.69, 9.17) is 15.0 Å². The normalized spacial score (nSPS) is 11.9. The number of hydrogen-bond acceptors (Lipinski definition) is 5. The SMILES string of the molecule is c1cnc2c(c1)-c1cc(-c3cccc4c3sc3ccccc34)cnc1-c1sccc1-c1cccnc1-2. The number of nitrogens with zero attached hydrogens (tertiary/aromatic N) is 3. The topological polar surface area (TPSA) is 38.7 Å². The first-order chi connectivity index (χ1) is 17.9. The van der Waals surface area contributed by atoms with Crippen LogP contribution in [0, 0.1) is 0 Å². The van der Waals surface area contributed by atoms with E-state index in [1.54, 1.807) is 11.3 Å². The fraction of sp³-hybridized carbons (Fsp3) is 0. The van der Waals surface area contributed by atoms with Crippen LogP contribution in [0.15, 0.2) is 103 Å². The third-order valence-electron chi connectivity index (χ3n) is 6.90. The Bertz CT molecular complexity index is 1960. The van der Waals surface area contributed by atoms with E-state index in [1.165, 1.54) is 30.6 Å². The molecule has 5 heterocycles. The summed E-state index contributed by atoms with van der Waals surface area (Å²) in [6.45, 7) is 0. The first-order valence-corrected chi connectivity index (χ1v) is 13.5. The van der Waals surface area contributed by atoms with Crippen molar-refractivity contribution in [3.63, 3.8) is 0 Å². The lowest BCUT2D eigenvalue weighted by molar-refractivity contribution is 1.24. The first-order valence-electron chi connectivity index (χ1n) is 11.8. The lowest BCUT2D eigenvalue weighted by Crippen LogP contribution is -2.00. The van der Waals surface area contributed by atoms with Gasteiger partial charge in [0.05, 0.1) is 22.0 Å². The second kappa shape index (κ2) is 7.65. The quantitative estimate of drug-likeness (QED) is 0.228. The molecule has 5 aromatic heterocycles. The molecule has 0 N–H and O–H groups in total. The molecule has 0 saturated heterocycles. The molecule has 8 rings (SSSR count). The summed E-state index contributed by atoms with van der Waals surface area (Å²) >= 11 is 3.57. The summed E-state index contributed by atoms with van der Waals surface area (Å²) in [5.41, 5.74) is 9.53. The molecule has 1 aliphatic carbocycles. The number of fused-ring (bicyclic) bond motifs is 11. The van der Waals surface area contributed by atoms with E-state index < -0.39 is 0 Å². The molecule has 0 fully saturated rings. The van der Waals surface area contributed by atoms with Gasteiger partial charge in [0.2, 0.25) is 0 Å². The summed E-state index contributed by atoms with van der Waals surface area (Å²) in [5, 5.41) is 4.74. The zero-order valence-corrected chi connectivity index (χ0v) is 20.6. The highest BCUT2D eigenvalue weighted by atomic mass is 32.1. The van der Waals surface area contributed by atoms with Gasteiger partial charge in [0, 0.05) is 72.1 Å². The van der Waals surface area contributed by atoms with Gasteiger partial charge in [0.15, 0.2) is 0 Å². The van der Waals surface area contributed by atoms with Crippen LogP contribution in [0.2, 0.25) is 0 Å². The van der Waals surface area contributed by atoms with Gasteiger partial charge < -0.3 is 0 Å². The predicted molar refractivity (Wildman–Crippen MR) is 151 cm³/mol. The maximum Gasteiger partial charge on any atom is 0.0971 e. The number of hydrogen-bond donors (Lipinski definition) is 0. The molecular formula is C31H17N3S2. The summed E-state index contributed by atoms with van der Waals surface area (Å²) in [4.78, 5) is 15.9. The van der Waals surface area contributed by atoms with Crippen molar-refractivity contribution in [2.24, 2.45) is 0 Å². The Labute approximate surface area is 215 Å². The molecule has 0 unspecified atom stereocenters. The van der Waals surface area contributed by atoms with Crippen molar-refractivity contribution in [3.8, 4) is 55.3 Å². The minimum absolute atomic E-state index is 0.894. The van der Waals surface area contributed by atoms with Gasteiger partial charge in [0.25, 0.3) is 0 Å². The minimum Gasteiger partial charge on any atom is -0.254 e. The second-order valence-corrected chi connectivity index (χ2v) is 10.8. The summed E-state index contributed by atoms with van der Waals surface area (Å²) < 4.78 is 2.60. The molecule has 7 aromatic rings. The van der Waals surface area contributed by atoms with E-state index in [0.29, 0.717) is 0 Å². The number of pyridine rings is 3. The Balaban J connectivity index is 1.44. The molecule has 36 heavy (non-hydrogen) atoms. The van der Waals surface area contributed by atoms with E-state index in [2.05, 4.69) is 72.1 Å². The van der Waals surface area contributed by atoms with Gasteiger partial charge in [-0.05, 0) is 35.7 Å². The predicted octanol–water partition coefficient (Wildman–Crippen LogP) is 8.95.